The Morgan fingerprint density at radius 1 is 0.857 bits per heavy atom. The summed E-state index contributed by atoms with van der Waals surface area (Å²) in [6.45, 7) is 0. The number of benzene rings is 2. The summed E-state index contributed by atoms with van der Waals surface area (Å²) >= 11 is 0. The van der Waals surface area contributed by atoms with E-state index in [1.165, 1.54) is 6.20 Å². The van der Waals surface area contributed by atoms with E-state index in [2.05, 4.69) is 24.4 Å². The third-order valence-corrected chi connectivity index (χ3v) is 4.75. The SMILES string of the molecule is O=c1[nH]c2nccc(Oc3ccc(NS(=O)(=O)Nc4ccccc4)cc3)c2[nH]1. The van der Waals surface area contributed by atoms with Crippen LogP contribution in [0.15, 0.2) is 71.7 Å². The molecule has 0 radical (unpaired) electrons. The number of ether oxygens (including phenoxy) is 1. The van der Waals surface area contributed by atoms with Crippen LogP contribution in [0, 0.1) is 0 Å². The molecule has 142 valence electrons. The summed E-state index contributed by atoms with van der Waals surface area (Å²) in [5.74, 6) is 0.885. The van der Waals surface area contributed by atoms with Crippen LogP contribution in [0.1, 0.15) is 0 Å². The van der Waals surface area contributed by atoms with Crippen molar-refractivity contribution in [2.24, 2.45) is 0 Å². The first kappa shape index (κ1) is 17.6. The molecule has 28 heavy (non-hydrogen) atoms. The number of fused-ring (bicyclic) bond motifs is 1. The molecular formula is C18H15N5O4S. The van der Waals surface area contributed by atoms with Gasteiger partial charge < -0.3 is 9.72 Å². The first-order valence-electron chi connectivity index (χ1n) is 8.19. The van der Waals surface area contributed by atoms with Gasteiger partial charge in [0.15, 0.2) is 11.4 Å². The molecule has 0 amide bonds. The molecule has 0 saturated carbocycles. The lowest BCUT2D eigenvalue weighted by atomic mass is 10.3. The second kappa shape index (κ2) is 7.08. The van der Waals surface area contributed by atoms with Gasteiger partial charge in [-0.2, -0.15) is 8.42 Å². The largest absolute Gasteiger partial charge is 0.455 e. The summed E-state index contributed by atoms with van der Waals surface area (Å²) in [5, 5.41) is 0. The zero-order chi connectivity index (χ0) is 19.6. The average Bonchev–Trinajstić information content (AvgIpc) is 3.05. The third-order valence-electron chi connectivity index (χ3n) is 3.74. The summed E-state index contributed by atoms with van der Waals surface area (Å²) in [6, 6.07) is 16.5. The van der Waals surface area contributed by atoms with Gasteiger partial charge in [-0.05, 0) is 36.4 Å². The number of hydrogen-bond donors (Lipinski definition) is 4. The molecule has 0 bridgehead atoms. The van der Waals surface area contributed by atoms with Gasteiger partial charge in [-0.25, -0.2) is 9.78 Å². The highest BCUT2D eigenvalue weighted by atomic mass is 32.2. The van der Waals surface area contributed by atoms with Crippen LogP contribution in [0.2, 0.25) is 0 Å². The lowest BCUT2D eigenvalue weighted by Crippen LogP contribution is -2.21. The molecule has 0 aliphatic carbocycles. The fraction of sp³-hybridized carbons (Fsp3) is 0. The van der Waals surface area contributed by atoms with Gasteiger partial charge in [-0.3, -0.25) is 14.4 Å². The van der Waals surface area contributed by atoms with Crippen molar-refractivity contribution in [2.75, 3.05) is 9.44 Å². The minimum atomic E-state index is -3.78. The Balaban J connectivity index is 1.48. The number of H-pyrrole nitrogens is 2. The predicted molar refractivity (Wildman–Crippen MR) is 106 cm³/mol. The normalized spacial score (nSPS) is 11.3. The average molecular weight is 397 g/mol. The molecule has 4 aromatic rings. The number of aromatic amines is 2. The Hall–Kier alpha value is -3.79. The van der Waals surface area contributed by atoms with Gasteiger partial charge in [-0.15, -0.1) is 0 Å². The van der Waals surface area contributed by atoms with Gasteiger partial charge in [0.25, 0.3) is 0 Å². The maximum absolute atomic E-state index is 12.2. The number of para-hydroxylation sites is 1. The van der Waals surface area contributed by atoms with Crippen molar-refractivity contribution in [1.29, 1.82) is 0 Å². The van der Waals surface area contributed by atoms with E-state index >= 15 is 0 Å². The zero-order valence-corrected chi connectivity index (χ0v) is 15.2. The van der Waals surface area contributed by atoms with E-state index in [1.807, 2.05) is 0 Å². The first-order chi connectivity index (χ1) is 13.5. The number of rotatable bonds is 6. The fourth-order valence-corrected chi connectivity index (χ4v) is 3.50. The van der Waals surface area contributed by atoms with Gasteiger partial charge in [0.1, 0.15) is 11.3 Å². The lowest BCUT2D eigenvalue weighted by molar-refractivity contribution is 0.487. The van der Waals surface area contributed by atoms with Crippen LogP contribution in [0.3, 0.4) is 0 Å². The van der Waals surface area contributed by atoms with Crippen LogP contribution in [0.25, 0.3) is 11.2 Å². The summed E-state index contributed by atoms with van der Waals surface area (Å²) in [7, 11) is -3.78. The van der Waals surface area contributed by atoms with Crippen LogP contribution in [-0.2, 0) is 10.2 Å². The molecule has 2 aromatic heterocycles. The molecule has 2 aromatic carbocycles. The van der Waals surface area contributed by atoms with Crippen molar-refractivity contribution < 1.29 is 13.2 Å². The quantitative estimate of drug-likeness (QED) is 0.398. The van der Waals surface area contributed by atoms with Gasteiger partial charge in [0, 0.05) is 12.3 Å². The van der Waals surface area contributed by atoms with Gasteiger partial charge in [0.05, 0.1) is 11.4 Å². The Kier molecular flexibility index (Phi) is 4.45. The number of pyridine rings is 1. The van der Waals surface area contributed by atoms with Crippen LogP contribution in [0.5, 0.6) is 11.5 Å². The van der Waals surface area contributed by atoms with Crippen molar-refractivity contribution in [2.45, 2.75) is 0 Å². The number of hydrogen-bond acceptors (Lipinski definition) is 5. The number of aromatic nitrogens is 3. The Morgan fingerprint density at radius 2 is 1.54 bits per heavy atom. The molecule has 0 aliphatic rings. The molecule has 9 nitrogen and oxygen atoms in total. The molecule has 0 fully saturated rings. The minimum absolute atomic E-state index is 0.366. The second-order valence-electron chi connectivity index (χ2n) is 5.81. The van der Waals surface area contributed by atoms with Gasteiger partial charge in [-0.1, -0.05) is 18.2 Å². The summed E-state index contributed by atoms with van der Waals surface area (Å²) < 4.78 is 35.0. The van der Waals surface area contributed by atoms with Crippen molar-refractivity contribution in [3.8, 4) is 11.5 Å². The standard InChI is InChI=1S/C18H15N5O4S/c24-18-20-16-15(10-11-19-17(16)21-18)27-14-8-6-13(7-9-14)23-28(25,26)22-12-4-2-1-3-5-12/h1-11,22-23H,(H2,19,20,21,24). The van der Waals surface area contributed by atoms with E-state index in [1.54, 1.807) is 60.7 Å². The summed E-state index contributed by atoms with van der Waals surface area (Å²) in [6.07, 6.45) is 1.51. The Labute approximate surface area is 159 Å². The molecular weight excluding hydrogens is 382 g/mol. The molecule has 0 aliphatic heterocycles. The van der Waals surface area contributed by atoms with Gasteiger partial charge in [0.2, 0.25) is 0 Å². The number of nitrogens with one attached hydrogen (secondary N) is 4. The maximum Gasteiger partial charge on any atom is 0.325 e. The minimum Gasteiger partial charge on any atom is -0.455 e. The fourth-order valence-electron chi connectivity index (χ4n) is 2.56. The molecule has 0 atom stereocenters. The first-order valence-corrected chi connectivity index (χ1v) is 9.67. The Bertz CT molecular complexity index is 1260. The number of nitrogens with zero attached hydrogens (tertiary/aromatic N) is 1. The van der Waals surface area contributed by atoms with Crippen molar-refractivity contribution >= 4 is 32.7 Å². The highest BCUT2D eigenvalue weighted by molar-refractivity contribution is 7.94. The number of imidazole rings is 1. The highest BCUT2D eigenvalue weighted by Gasteiger charge is 2.11. The van der Waals surface area contributed by atoms with E-state index in [4.69, 9.17) is 4.74 Å². The van der Waals surface area contributed by atoms with Crippen molar-refractivity contribution in [3.63, 3.8) is 0 Å². The van der Waals surface area contributed by atoms with Crippen LogP contribution >= 0.6 is 0 Å². The van der Waals surface area contributed by atoms with E-state index < -0.39 is 10.2 Å². The smallest absolute Gasteiger partial charge is 0.325 e. The third kappa shape index (κ3) is 3.96. The summed E-state index contributed by atoms with van der Waals surface area (Å²) in [4.78, 5) is 20.6. The molecule has 0 spiro atoms. The molecule has 0 unspecified atom stereocenters. The maximum atomic E-state index is 12.2. The van der Waals surface area contributed by atoms with E-state index in [0.29, 0.717) is 34.0 Å². The van der Waals surface area contributed by atoms with E-state index in [-0.39, 0.29) is 5.69 Å². The van der Waals surface area contributed by atoms with Crippen LogP contribution < -0.4 is 19.9 Å². The molecule has 4 rings (SSSR count). The summed E-state index contributed by atoms with van der Waals surface area (Å²) in [5.41, 5.74) is 1.28. The van der Waals surface area contributed by atoms with E-state index in [0.717, 1.165) is 0 Å². The van der Waals surface area contributed by atoms with Crippen molar-refractivity contribution in [1.82, 2.24) is 15.0 Å². The van der Waals surface area contributed by atoms with Gasteiger partial charge >= 0.3 is 15.9 Å². The highest BCUT2D eigenvalue weighted by Crippen LogP contribution is 2.27. The molecule has 0 saturated heterocycles. The van der Waals surface area contributed by atoms with E-state index in [9.17, 15) is 13.2 Å². The van der Waals surface area contributed by atoms with Crippen LogP contribution in [0.4, 0.5) is 11.4 Å². The lowest BCUT2D eigenvalue weighted by Gasteiger charge is -2.11. The second-order valence-corrected chi connectivity index (χ2v) is 7.23. The molecule has 4 N–H and O–H groups in total. The molecule has 2 heterocycles. The molecule has 10 heteroatoms. The topological polar surface area (TPSA) is 129 Å². The van der Waals surface area contributed by atoms with Crippen LogP contribution in [-0.4, -0.2) is 23.4 Å². The Morgan fingerprint density at radius 3 is 2.25 bits per heavy atom. The predicted octanol–water partition coefficient (Wildman–Crippen LogP) is 2.81. The zero-order valence-electron chi connectivity index (χ0n) is 14.3. The monoisotopic (exact) mass is 397 g/mol. The van der Waals surface area contributed by atoms with Crippen molar-refractivity contribution in [3.05, 3.63) is 77.3 Å². The number of anilines is 2.